The van der Waals surface area contributed by atoms with Gasteiger partial charge in [0.2, 0.25) is 0 Å². The lowest BCUT2D eigenvalue weighted by Crippen LogP contribution is -2.41. The number of benzene rings is 1. The Balaban J connectivity index is 2.19. The summed E-state index contributed by atoms with van der Waals surface area (Å²) in [5.41, 5.74) is 1.77. The Morgan fingerprint density at radius 1 is 1.26 bits per heavy atom. The quantitative estimate of drug-likeness (QED) is 0.857. The molecule has 0 aliphatic rings. The van der Waals surface area contributed by atoms with Gasteiger partial charge in [0.25, 0.3) is 5.91 Å². The minimum atomic E-state index is -1.03. The predicted molar refractivity (Wildman–Crippen MR) is 86.6 cm³/mol. The SMILES string of the molecule is Cc1nn(-c2ccccc2)cc1C(=O)N[C@@H](CC(C)C)C(=O)O. The lowest BCUT2D eigenvalue weighted by molar-refractivity contribution is -0.139. The van der Waals surface area contributed by atoms with Crippen LogP contribution in [0.1, 0.15) is 36.3 Å². The zero-order chi connectivity index (χ0) is 17.0. The number of carbonyl (C=O) groups is 2. The second-order valence-electron chi connectivity index (χ2n) is 5.90. The van der Waals surface area contributed by atoms with Gasteiger partial charge in [0.15, 0.2) is 0 Å². The van der Waals surface area contributed by atoms with E-state index >= 15 is 0 Å². The summed E-state index contributed by atoms with van der Waals surface area (Å²) >= 11 is 0. The standard InChI is InChI=1S/C17H21N3O3/c1-11(2)9-15(17(22)23)18-16(21)14-10-20(19-12(14)3)13-7-5-4-6-8-13/h4-8,10-11,15H,9H2,1-3H3,(H,18,21)(H,22,23)/t15-/m0/s1. The largest absolute Gasteiger partial charge is 0.480 e. The molecule has 0 saturated heterocycles. The molecule has 122 valence electrons. The molecule has 2 rings (SSSR count). The van der Waals surface area contributed by atoms with Gasteiger partial charge in [-0.05, 0) is 31.4 Å². The van der Waals surface area contributed by atoms with Crippen molar-refractivity contribution in [3.8, 4) is 5.69 Å². The monoisotopic (exact) mass is 315 g/mol. The first kappa shape index (κ1) is 16.7. The van der Waals surface area contributed by atoms with E-state index in [1.54, 1.807) is 17.8 Å². The van der Waals surface area contributed by atoms with E-state index in [4.69, 9.17) is 0 Å². The van der Waals surface area contributed by atoms with Crippen molar-refractivity contribution in [2.45, 2.75) is 33.2 Å². The molecule has 23 heavy (non-hydrogen) atoms. The van der Waals surface area contributed by atoms with Gasteiger partial charge in [0, 0.05) is 6.20 Å². The average molecular weight is 315 g/mol. The number of carbonyl (C=O) groups excluding carboxylic acids is 1. The Bertz CT molecular complexity index is 692. The number of carboxylic acids is 1. The van der Waals surface area contributed by atoms with E-state index in [-0.39, 0.29) is 5.92 Å². The maximum absolute atomic E-state index is 12.4. The number of carboxylic acid groups (broad SMARTS) is 1. The summed E-state index contributed by atoms with van der Waals surface area (Å²) in [4.78, 5) is 23.7. The van der Waals surface area contributed by atoms with Gasteiger partial charge >= 0.3 is 5.97 Å². The van der Waals surface area contributed by atoms with Gasteiger partial charge in [-0.25, -0.2) is 9.48 Å². The van der Waals surface area contributed by atoms with Crippen LogP contribution in [0.3, 0.4) is 0 Å². The van der Waals surface area contributed by atoms with Crippen LogP contribution in [0.25, 0.3) is 5.69 Å². The number of aryl methyl sites for hydroxylation is 1. The van der Waals surface area contributed by atoms with Crippen LogP contribution >= 0.6 is 0 Å². The summed E-state index contributed by atoms with van der Waals surface area (Å²) in [6.45, 7) is 5.56. The number of hydrogen-bond donors (Lipinski definition) is 2. The molecule has 6 nitrogen and oxygen atoms in total. The number of amides is 1. The van der Waals surface area contributed by atoms with Crippen LogP contribution in [0, 0.1) is 12.8 Å². The Kier molecular flexibility index (Phi) is 5.16. The fourth-order valence-corrected chi connectivity index (χ4v) is 2.32. The van der Waals surface area contributed by atoms with Gasteiger partial charge in [0.05, 0.1) is 16.9 Å². The topological polar surface area (TPSA) is 84.2 Å². The number of aliphatic carboxylic acids is 1. The number of para-hydroxylation sites is 1. The van der Waals surface area contributed by atoms with Crippen molar-refractivity contribution in [2.24, 2.45) is 5.92 Å². The Hall–Kier alpha value is -2.63. The van der Waals surface area contributed by atoms with Crippen molar-refractivity contribution in [2.75, 3.05) is 0 Å². The van der Waals surface area contributed by atoms with E-state index in [1.165, 1.54) is 0 Å². The van der Waals surface area contributed by atoms with Crippen molar-refractivity contribution in [3.63, 3.8) is 0 Å². The summed E-state index contributed by atoms with van der Waals surface area (Å²) in [5.74, 6) is -1.28. The number of aromatic nitrogens is 2. The Morgan fingerprint density at radius 3 is 2.48 bits per heavy atom. The van der Waals surface area contributed by atoms with Crippen LogP contribution in [0.15, 0.2) is 36.5 Å². The molecule has 1 aromatic heterocycles. The predicted octanol–water partition coefficient (Wildman–Crippen LogP) is 2.41. The molecule has 0 radical (unpaired) electrons. The maximum atomic E-state index is 12.4. The average Bonchev–Trinajstić information content (AvgIpc) is 2.89. The lowest BCUT2D eigenvalue weighted by atomic mass is 10.0. The van der Waals surface area contributed by atoms with Crippen LogP contribution in [0.4, 0.5) is 0 Å². The zero-order valence-electron chi connectivity index (χ0n) is 13.5. The van der Waals surface area contributed by atoms with E-state index in [0.717, 1.165) is 5.69 Å². The second-order valence-corrected chi connectivity index (χ2v) is 5.90. The van der Waals surface area contributed by atoms with Gasteiger partial charge < -0.3 is 10.4 Å². The van der Waals surface area contributed by atoms with Crippen LogP contribution < -0.4 is 5.32 Å². The highest BCUT2D eigenvalue weighted by Crippen LogP contribution is 2.13. The normalized spacial score (nSPS) is 12.2. The van der Waals surface area contributed by atoms with Crippen molar-refractivity contribution in [1.82, 2.24) is 15.1 Å². The Morgan fingerprint density at radius 2 is 1.91 bits per heavy atom. The molecular weight excluding hydrogens is 294 g/mol. The molecule has 1 aromatic carbocycles. The molecule has 0 saturated carbocycles. The van der Waals surface area contributed by atoms with Gasteiger partial charge in [-0.3, -0.25) is 4.79 Å². The number of rotatable bonds is 6. The molecule has 1 atom stereocenters. The molecule has 1 heterocycles. The molecule has 0 aliphatic carbocycles. The molecule has 2 aromatic rings. The first-order valence-corrected chi connectivity index (χ1v) is 7.54. The number of nitrogens with one attached hydrogen (secondary N) is 1. The third-order valence-corrected chi connectivity index (χ3v) is 3.47. The summed E-state index contributed by atoms with van der Waals surface area (Å²) in [6.07, 6.45) is 2.00. The van der Waals surface area contributed by atoms with E-state index in [1.807, 2.05) is 44.2 Å². The maximum Gasteiger partial charge on any atom is 0.326 e. The minimum Gasteiger partial charge on any atom is -0.480 e. The van der Waals surface area contributed by atoms with E-state index in [0.29, 0.717) is 17.7 Å². The molecule has 2 N–H and O–H groups in total. The minimum absolute atomic E-state index is 0.171. The van der Waals surface area contributed by atoms with Crippen LogP contribution in [-0.4, -0.2) is 32.8 Å². The summed E-state index contributed by atoms with van der Waals surface area (Å²) in [7, 11) is 0. The summed E-state index contributed by atoms with van der Waals surface area (Å²) < 4.78 is 1.61. The van der Waals surface area contributed by atoms with Crippen molar-refractivity contribution < 1.29 is 14.7 Å². The highest BCUT2D eigenvalue weighted by Gasteiger charge is 2.23. The van der Waals surface area contributed by atoms with E-state index in [9.17, 15) is 14.7 Å². The molecule has 1 amide bonds. The molecule has 0 unspecified atom stereocenters. The van der Waals surface area contributed by atoms with Crippen molar-refractivity contribution >= 4 is 11.9 Å². The van der Waals surface area contributed by atoms with Gasteiger partial charge in [0.1, 0.15) is 6.04 Å². The van der Waals surface area contributed by atoms with Crippen LogP contribution in [0.5, 0.6) is 0 Å². The fraction of sp³-hybridized carbons (Fsp3) is 0.353. The van der Waals surface area contributed by atoms with E-state index in [2.05, 4.69) is 10.4 Å². The molecular formula is C17H21N3O3. The Labute approximate surface area is 135 Å². The third-order valence-electron chi connectivity index (χ3n) is 3.47. The second kappa shape index (κ2) is 7.09. The third kappa shape index (κ3) is 4.18. The molecule has 6 heteroatoms. The van der Waals surface area contributed by atoms with Crippen molar-refractivity contribution in [3.05, 3.63) is 47.8 Å². The van der Waals surface area contributed by atoms with Gasteiger partial charge in [-0.1, -0.05) is 32.0 Å². The van der Waals surface area contributed by atoms with Crippen LogP contribution in [0.2, 0.25) is 0 Å². The molecule has 0 fully saturated rings. The molecule has 0 aliphatic heterocycles. The highest BCUT2D eigenvalue weighted by molar-refractivity contribution is 5.97. The summed E-state index contributed by atoms with van der Waals surface area (Å²) in [6, 6.07) is 8.53. The zero-order valence-corrected chi connectivity index (χ0v) is 13.5. The summed E-state index contributed by atoms with van der Waals surface area (Å²) in [5, 5.41) is 16.1. The fourth-order valence-electron chi connectivity index (χ4n) is 2.32. The smallest absolute Gasteiger partial charge is 0.326 e. The number of nitrogens with zero attached hydrogens (tertiary/aromatic N) is 2. The van der Waals surface area contributed by atoms with E-state index < -0.39 is 17.9 Å². The van der Waals surface area contributed by atoms with Crippen LogP contribution in [-0.2, 0) is 4.79 Å². The van der Waals surface area contributed by atoms with Gasteiger partial charge in [-0.15, -0.1) is 0 Å². The first-order valence-electron chi connectivity index (χ1n) is 7.54. The van der Waals surface area contributed by atoms with Crippen molar-refractivity contribution in [1.29, 1.82) is 0 Å². The molecule has 0 bridgehead atoms. The van der Waals surface area contributed by atoms with Gasteiger partial charge in [-0.2, -0.15) is 5.10 Å². The lowest BCUT2D eigenvalue weighted by Gasteiger charge is -2.16. The number of hydrogen-bond acceptors (Lipinski definition) is 3. The molecule has 0 spiro atoms. The first-order chi connectivity index (χ1) is 10.9. The highest BCUT2D eigenvalue weighted by atomic mass is 16.4.